The molecule has 0 spiro atoms. The van der Waals surface area contributed by atoms with E-state index in [4.69, 9.17) is 0 Å². The summed E-state index contributed by atoms with van der Waals surface area (Å²) in [4.78, 5) is 3.22. The van der Waals surface area contributed by atoms with Gasteiger partial charge in [0.25, 0.3) is 0 Å². The van der Waals surface area contributed by atoms with Gasteiger partial charge in [0, 0.05) is 0 Å². The van der Waals surface area contributed by atoms with Crippen molar-refractivity contribution in [3.8, 4) is 0 Å². The van der Waals surface area contributed by atoms with Crippen molar-refractivity contribution in [1.82, 2.24) is 20.2 Å². The SMILES string of the molecule is CCC(C)(C)n1nnnc1[C@@H](c1ccccc1F)[NH+]1CCN(c2ccccc2F)CC1. The summed E-state index contributed by atoms with van der Waals surface area (Å²) in [6, 6.07) is 13.3. The summed E-state index contributed by atoms with van der Waals surface area (Å²) in [5.74, 6) is 0.178. The molecule has 1 saturated heterocycles. The first-order valence-electron chi connectivity index (χ1n) is 10.8. The molecule has 0 radical (unpaired) electrons. The molecule has 3 aromatic rings. The Bertz CT molecular complexity index is 1030. The van der Waals surface area contributed by atoms with Gasteiger partial charge in [-0.2, -0.15) is 0 Å². The number of benzene rings is 2. The third kappa shape index (κ3) is 4.17. The average Bonchev–Trinajstić information content (AvgIpc) is 3.27. The van der Waals surface area contributed by atoms with Gasteiger partial charge in [0.15, 0.2) is 6.04 Å². The Kier molecular flexibility index (Phi) is 6.00. The van der Waals surface area contributed by atoms with E-state index in [-0.39, 0.29) is 23.2 Å². The molecule has 1 aliphatic rings. The zero-order valence-corrected chi connectivity index (χ0v) is 18.2. The number of nitrogens with one attached hydrogen (secondary N) is 1. The summed E-state index contributed by atoms with van der Waals surface area (Å²) in [5, 5.41) is 12.6. The fourth-order valence-electron chi connectivity index (χ4n) is 4.24. The molecule has 0 unspecified atom stereocenters. The maximum atomic E-state index is 14.9. The maximum absolute atomic E-state index is 14.9. The molecule has 2 heterocycles. The van der Waals surface area contributed by atoms with Crippen LogP contribution in [0.5, 0.6) is 0 Å². The van der Waals surface area contributed by atoms with E-state index in [9.17, 15) is 8.78 Å². The highest BCUT2D eigenvalue weighted by atomic mass is 19.1. The van der Waals surface area contributed by atoms with Crippen molar-refractivity contribution in [3.05, 3.63) is 71.6 Å². The molecule has 6 nitrogen and oxygen atoms in total. The standard InChI is InChI=1S/C23H28F2N6/c1-4-23(2,3)31-22(26-27-28-31)21(17-9-5-6-10-18(17)24)30-15-13-29(14-16-30)20-12-8-7-11-19(20)25/h5-12,21H,4,13-16H2,1-3H3/p+1/t21-/m1/s1. The minimum atomic E-state index is -0.343. The summed E-state index contributed by atoms with van der Waals surface area (Å²) in [7, 11) is 0. The number of piperazine rings is 1. The second-order valence-electron chi connectivity index (χ2n) is 8.67. The predicted octanol–water partition coefficient (Wildman–Crippen LogP) is 2.59. The highest BCUT2D eigenvalue weighted by Crippen LogP contribution is 2.26. The van der Waals surface area contributed by atoms with E-state index in [1.165, 1.54) is 17.0 Å². The van der Waals surface area contributed by atoms with Crippen LogP contribution in [-0.2, 0) is 5.54 Å². The zero-order chi connectivity index (χ0) is 22.0. The Balaban J connectivity index is 1.67. The number of rotatable bonds is 6. The van der Waals surface area contributed by atoms with Crippen molar-refractivity contribution in [2.45, 2.75) is 38.8 Å². The van der Waals surface area contributed by atoms with Gasteiger partial charge < -0.3 is 9.80 Å². The maximum Gasteiger partial charge on any atom is 0.214 e. The van der Waals surface area contributed by atoms with Crippen LogP contribution >= 0.6 is 0 Å². The predicted molar refractivity (Wildman–Crippen MR) is 115 cm³/mol. The molecular weight excluding hydrogens is 398 g/mol. The van der Waals surface area contributed by atoms with Crippen molar-refractivity contribution < 1.29 is 13.7 Å². The first-order chi connectivity index (χ1) is 14.9. The van der Waals surface area contributed by atoms with Gasteiger partial charge in [0.1, 0.15) is 11.6 Å². The second-order valence-corrected chi connectivity index (χ2v) is 8.67. The summed E-state index contributed by atoms with van der Waals surface area (Å²) >= 11 is 0. The molecular formula is C23H29F2N6+. The highest BCUT2D eigenvalue weighted by molar-refractivity contribution is 5.47. The zero-order valence-electron chi connectivity index (χ0n) is 18.2. The molecule has 2 aromatic carbocycles. The number of tetrazole rings is 1. The molecule has 1 fully saturated rings. The van der Waals surface area contributed by atoms with Gasteiger partial charge in [0.05, 0.1) is 43.0 Å². The van der Waals surface area contributed by atoms with E-state index < -0.39 is 0 Å². The van der Waals surface area contributed by atoms with Gasteiger partial charge in [0.2, 0.25) is 5.82 Å². The van der Waals surface area contributed by atoms with Crippen LogP contribution in [0.3, 0.4) is 0 Å². The van der Waals surface area contributed by atoms with Gasteiger partial charge in [-0.15, -0.1) is 5.10 Å². The molecule has 0 saturated carbocycles. The number of hydrogen-bond acceptors (Lipinski definition) is 4. The molecule has 1 aliphatic heterocycles. The fraction of sp³-hybridized carbons (Fsp3) is 0.435. The number of anilines is 1. The first-order valence-corrected chi connectivity index (χ1v) is 10.8. The Labute approximate surface area is 181 Å². The molecule has 1 aromatic heterocycles. The summed E-state index contributed by atoms with van der Waals surface area (Å²) in [6.45, 7) is 9.01. The number of aromatic nitrogens is 4. The molecule has 1 atom stereocenters. The molecule has 31 heavy (non-hydrogen) atoms. The van der Waals surface area contributed by atoms with Crippen molar-refractivity contribution in [2.75, 3.05) is 31.1 Å². The monoisotopic (exact) mass is 427 g/mol. The normalized spacial score (nSPS) is 16.5. The molecule has 1 N–H and O–H groups in total. The number of nitrogens with zero attached hydrogens (tertiary/aromatic N) is 5. The summed E-state index contributed by atoms with van der Waals surface area (Å²) in [6.07, 6.45) is 0.839. The van der Waals surface area contributed by atoms with Crippen LogP contribution in [0, 0.1) is 11.6 Å². The summed E-state index contributed by atoms with van der Waals surface area (Å²) < 4.78 is 31.0. The van der Waals surface area contributed by atoms with E-state index in [1.807, 2.05) is 22.9 Å². The van der Waals surface area contributed by atoms with Crippen LogP contribution in [0.1, 0.15) is 44.6 Å². The van der Waals surface area contributed by atoms with Crippen molar-refractivity contribution >= 4 is 5.69 Å². The topological polar surface area (TPSA) is 51.3 Å². The Hall–Kier alpha value is -2.87. The number of para-hydroxylation sites is 1. The summed E-state index contributed by atoms with van der Waals surface area (Å²) in [5.41, 5.74) is 0.900. The van der Waals surface area contributed by atoms with Gasteiger partial charge in [-0.05, 0) is 55.0 Å². The van der Waals surface area contributed by atoms with Gasteiger partial charge in [-0.3, -0.25) is 0 Å². The number of halogens is 2. The largest absolute Gasteiger partial charge is 0.358 e. The number of quaternary nitrogens is 1. The van der Waals surface area contributed by atoms with Crippen LogP contribution in [0.15, 0.2) is 48.5 Å². The van der Waals surface area contributed by atoms with Crippen LogP contribution in [0.2, 0.25) is 0 Å². The molecule has 4 rings (SSSR count). The Morgan fingerprint density at radius 2 is 1.65 bits per heavy atom. The van der Waals surface area contributed by atoms with E-state index in [0.717, 1.165) is 6.42 Å². The van der Waals surface area contributed by atoms with Crippen LogP contribution in [0.25, 0.3) is 0 Å². The Morgan fingerprint density at radius 3 is 2.29 bits per heavy atom. The van der Waals surface area contributed by atoms with E-state index in [1.54, 1.807) is 18.2 Å². The minimum absolute atomic E-state index is 0.217. The molecule has 8 heteroatoms. The lowest BCUT2D eigenvalue weighted by molar-refractivity contribution is -0.927. The van der Waals surface area contributed by atoms with Gasteiger partial charge in [-0.25, -0.2) is 13.5 Å². The molecule has 0 amide bonds. The smallest absolute Gasteiger partial charge is 0.214 e. The van der Waals surface area contributed by atoms with Crippen LogP contribution in [0.4, 0.5) is 14.5 Å². The quantitative estimate of drug-likeness (QED) is 0.657. The third-order valence-corrected chi connectivity index (χ3v) is 6.41. The van der Waals surface area contributed by atoms with Gasteiger partial charge >= 0.3 is 0 Å². The fourth-order valence-corrected chi connectivity index (χ4v) is 4.24. The van der Waals surface area contributed by atoms with Crippen LogP contribution in [-0.4, -0.2) is 46.4 Å². The van der Waals surface area contributed by atoms with Gasteiger partial charge in [-0.1, -0.05) is 31.2 Å². The second kappa shape index (κ2) is 8.70. The lowest BCUT2D eigenvalue weighted by Gasteiger charge is -2.38. The lowest BCUT2D eigenvalue weighted by atomic mass is 9.98. The average molecular weight is 428 g/mol. The molecule has 0 aliphatic carbocycles. The van der Waals surface area contributed by atoms with Crippen molar-refractivity contribution in [1.29, 1.82) is 0 Å². The molecule has 0 bridgehead atoms. The van der Waals surface area contributed by atoms with Crippen molar-refractivity contribution in [3.63, 3.8) is 0 Å². The minimum Gasteiger partial charge on any atom is -0.358 e. The molecule has 164 valence electrons. The highest BCUT2D eigenvalue weighted by Gasteiger charge is 2.38. The van der Waals surface area contributed by atoms with Crippen molar-refractivity contribution in [2.24, 2.45) is 0 Å². The van der Waals surface area contributed by atoms with Crippen LogP contribution < -0.4 is 9.80 Å². The van der Waals surface area contributed by atoms with E-state index >= 15 is 0 Å². The Morgan fingerprint density at radius 1 is 1.00 bits per heavy atom. The third-order valence-electron chi connectivity index (χ3n) is 6.41. The van der Waals surface area contributed by atoms with E-state index in [2.05, 4.69) is 41.2 Å². The number of hydrogen-bond donors (Lipinski definition) is 1. The first kappa shape index (κ1) is 21.4. The van der Waals surface area contributed by atoms with E-state index in [0.29, 0.717) is 43.3 Å². The lowest BCUT2D eigenvalue weighted by Crippen LogP contribution is -3.15.